The van der Waals surface area contributed by atoms with E-state index in [1.807, 2.05) is 0 Å². The molecule has 0 aliphatic heterocycles. The summed E-state index contributed by atoms with van der Waals surface area (Å²) >= 11 is 0. The van der Waals surface area contributed by atoms with Crippen LogP contribution in [0.5, 0.6) is 0 Å². The van der Waals surface area contributed by atoms with Crippen molar-refractivity contribution in [3.8, 4) is 55.6 Å². The fraction of sp³-hybridized carbons (Fsp3) is 0.333. The fourth-order valence-corrected chi connectivity index (χ4v) is 12.6. The molecule has 8 aromatic carbocycles. The zero-order valence-electron chi connectivity index (χ0n) is 42.3. The molecule has 0 nitrogen and oxygen atoms in total. The molecule has 3 unspecified atom stereocenters. The topological polar surface area (TPSA) is 0 Å². The minimum Gasteiger partial charge on any atom is -0.0648 e. The maximum Gasteiger partial charge on any atom is 0.0159 e. The zero-order valence-corrected chi connectivity index (χ0v) is 42.3. The van der Waals surface area contributed by atoms with E-state index in [0.717, 1.165) is 19.3 Å². The number of benzene rings is 8. The van der Waals surface area contributed by atoms with Crippen LogP contribution in [0.3, 0.4) is 0 Å². The van der Waals surface area contributed by atoms with Gasteiger partial charge in [0.2, 0.25) is 0 Å². The maximum absolute atomic E-state index is 2.63. The second kappa shape index (κ2) is 16.0. The predicted molar refractivity (Wildman–Crippen MR) is 288 cm³/mol. The second-order valence-electron chi connectivity index (χ2n) is 21.7. The highest BCUT2D eigenvalue weighted by atomic mass is 14.5. The second-order valence-corrected chi connectivity index (χ2v) is 21.7. The Labute approximate surface area is 396 Å². The smallest absolute Gasteiger partial charge is 0.0159 e. The minimum atomic E-state index is -0.295. The number of hydrogen-bond acceptors (Lipinski definition) is 0. The predicted octanol–water partition coefficient (Wildman–Crippen LogP) is 19.4. The van der Waals surface area contributed by atoms with Gasteiger partial charge in [-0.2, -0.15) is 0 Å². The van der Waals surface area contributed by atoms with Crippen molar-refractivity contribution in [3.05, 3.63) is 176 Å². The molecule has 0 spiro atoms. The highest BCUT2D eigenvalue weighted by Gasteiger charge is 2.45. The van der Waals surface area contributed by atoms with E-state index in [1.165, 1.54) is 138 Å². The first-order valence-electron chi connectivity index (χ1n) is 25.2. The summed E-state index contributed by atoms with van der Waals surface area (Å²) in [5, 5.41) is 5.62. The summed E-state index contributed by atoms with van der Waals surface area (Å²) in [4.78, 5) is 0. The van der Waals surface area contributed by atoms with E-state index in [1.54, 1.807) is 0 Å². The molecule has 0 amide bonds. The first kappa shape index (κ1) is 44.1. The van der Waals surface area contributed by atoms with E-state index in [4.69, 9.17) is 0 Å². The van der Waals surface area contributed by atoms with Crippen LogP contribution in [0.4, 0.5) is 0 Å². The summed E-state index contributed by atoms with van der Waals surface area (Å²) in [6.07, 6.45) is 3.30. The Bertz CT molecular complexity index is 3130. The van der Waals surface area contributed by atoms with Crippen LogP contribution < -0.4 is 0 Å². The minimum absolute atomic E-state index is 0.295. The summed E-state index contributed by atoms with van der Waals surface area (Å²) in [5.41, 5.74) is 28.8. The van der Waals surface area contributed by atoms with E-state index >= 15 is 0 Å². The van der Waals surface area contributed by atoms with Gasteiger partial charge in [0, 0.05) is 10.8 Å². The largest absolute Gasteiger partial charge is 0.0648 e. The molecule has 0 aromatic heterocycles. The van der Waals surface area contributed by atoms with Gasteiger partial charge in [-0.15, -0.1) is 0 Å². The Morgan fingerprint density at radius 1 is 0.364 bits per heavy atom. The van der Waals surface area contributed by atoms with Gasteiger partial charge in [0.15, 0.2) is 0 Å². The number of hydrogen-bond donors (Lipinski definition) is 0. The maximum atomic E-state index is 2.63. The fourth-order valence-electron chi connectivity index (χ4n) is 12.6. The van der Waals surface area contributed by atoms with Crippen LogP contribution in [0.2, 0.25) is 0 Å². The monoisotopic (exact) mass is 863 g/mol. The van der Waals surface area contributed by atoms with Crippen molar-refractivity contribution in [2.24, 2.45) is 0 Å². The lowest BCUT2D eigenvalue weighted by molar-refractivity contribution is 0.619. The van der Waals surface area contributed by atoms with E-state index < -0.39 is 0 Å². The summed E-state index contributed by atoms with van der Waals surface area (Å²) in [6.45, 7) is 33.7. The lowest BCUT2D eigenvalue weighted by atomic mass is 9.58. The number of aryl methyl sites for hydroxylation is 4. The molecule has 66 heavy (non-hydrogen) atoms. The standard InChI is InChI=1S/C66H70/c1-15-37(4)47-28-20-24-41(8)57(47)44-31-51-60(50-27-19-18-23-40(50)7)52-32-45(58-42(9)25-21-29-48(58)38(5)16-2)34-54-62(52)64-61(51)53(33-44)65(11,12)55-35-46(36-56(63(55)64)66(54,13)14)59-43(10)26-22-30-49(59)39(6)17-3/h18-39H,15-17H2,1-14H3. The molecule has 10 rings (SSSR count). The number of rotatable bonds is 10. The van der Waals surface area contributed by atoms with Crippen LogP contribution in [0, 0.1) is 27.7 Å². The SMILES string of the molecule is CCC(C)c1cccc(C)c1-c1cc2c3c(c1)C(C)(C)c1cc(-c4c(C)cccc4C(C)CC)cc4c(-c5ccccc5C)c5cc(-c6c(C)cccc6C(C)CC)cc(c5c-3c14)C2(C)C. The van der Waals surface area contributed by atoms with Crippen LogP contribution in [-0.2, 0) is 10.8 Å². The van der Waals surface area contributed by atoms with E-state index in [0.29, 0.717) is 17.8 Å². The first-order valence-corrected chi connectivity index (χ1v) is 25.2. The third kappa shape index (κ3) is 6.37. The Balaban J connectivity index is 1.47. The van der Waals surface area contributed by atoms with E-state index in [2.05, 4.69) is 212 Å². The van der Waals surface area contributed by atoms with Crippen LogP contribution in [0.25, 0.3) is 77.2 Å². The Kier molecular flexibility index (Phi) is 10.7. The van der Waals surface area contributed by atoms with Crippen molar-refractivity contribution in [2.45, 2.75) is 145 Å². The average molecular weight is 863 g/mol. The van der Waals surface area contributed by atoms with Crippen LogP contribution in [-0.4, -0.2) is 0 Å². The Morgan fingerprint density at radius 2 is 0.712 bits per heavy atom. The molecule has 0 bridgehead atoms. The van der Waals surface area contributed by atoms with E-state index in [-0.39, 0.29) is 10.8 Å². The highest BCUT2D eigenvalue weighted by molar-refractivity contribution is 6.27. The van der Waals surface area contributed by atoms with Crippen molar-refractivity contribution in [1.82, 2.24) is 0 Å². The molecule has 0 heterocycles. The third-order valence-electron chi connectivity index (χ3n) is 17.0. The molecule has 0 N–H and O–H groups in total. The molecule has 0 saturated heterocycles. The normalized spacial score (nSPS) is 15.7. The molecule has 2 aliphatic rings. The van der Waals surface area contributed by atoms with Crippen molar-refractivity contribution in [2.75, 3.05) is 0 Å². The Morgan fingerprint density at radius 3 is 1.09 bits per heavy atom. The van der Waals surface area contributed by atoms with Crippen molar-refractivity contribution in [3.63, 3.8) is 0 Å². The van der Waals surface area contributed by atoms with E-state index in [9.17, 15) is 0 Å². The molecule has 2 aliphatic carbocycles. The van der Waals surface area contributed by atoms with Crippen LogP contribution in [0.1, 0.15) is 167 Å². The summed E-state index contributed by atoms with van der Waals surface area (Å²) in [7, 11) is 0. The van der Waals surface area contributed by atoms with Gasteiger partial charge in [-0.1, -0.05) is 148 Å². The lowest BCUT2D eigenvalue weighted by Crippen LogP contribution is -2.31. The highest BCUT2D eigenvalue weighted by Crippen LogP contribution is 2.63. The van der Waals surface area contributed by atoms with Gasteiger partial charge in [0.05, 0.1) is 0 Å². The Hall–Kier alpha value is -5.72. The van der Waals surface area contributed by atoms with Gasteiger partial charge in [-0.3, -0.25) is 0 Å². The zero-order chi connectivity index (χ0) is 46.7. The van der Waals surface area contributed by atoms with Crippen molar-refractivity contribution >= 4 is 21.5 Å². The lowest BCUT2D eigenvalue weighted by Gasteiger charge is -2.45. The van der Waals surface area contributed by atoms with Crippen LogP contribution in [0.15, 0.2) is 115 Å². The van der Waals surface area contributed by atoms with Gasteiger partial charge < -0.3 is 0 Å². The van der Waals surface area contributed by atoms with Crippen LogP contribution >= 0.6 is 0 Å². The van der Waals surface area contributed by atoms with Gasteiger partial charge >= 0.3 is 0 Å². The molecule has 0 radical (unpaired) electrons. The van der Waals surface area contributed by atoms with Gasteiger partial charge in [0.1, 0.15) is 0 Å². The summed E-state index contributed by atoms with van der Waals surface area (Å²) in [5.74, 6) is 1.33. The first-order chi connectivity index (χ1) is 31.5. The molecular weight excluding hydrogens is 793 g/mol. The molecule has 0 heteroatoms. The third-order valence-corrected chi connectivity index (χ3v) is 17.0. The molecule has 334 valence electrons. The average Bonchev–Trinajstić information content (AvgIpc) is 3.30. The van der Waals surface area contributed by atoms with Gasteiger partial charge in [-0.05, 0) is 239 Å². The quantitative estimate of drug-likeness (QED) is 0.120. The molecule has 0 saturated carbocycles. The van der Waals surface area contributed by atoms with Crippen molar-refractivity contribution in [1.29, 1.82) is 0 Å². The molecular formula is C66H70. The molecule has 8 aromatic rings. The van der Waals surface area contributed by atoms with Gasteiger partial charge in [0.25, 0.3) is 0 Å². The molecule has 3 atom stereocenters. The summed E-state index contributed by atoms with van der Waals surface area (Å²) < 4.78 is 0. The summed E-state index contributed by atoms with van der Waals surface area (Å²) in [6, 6.07) is 46.0. The molecule has 0 fully saturated rings. The van der Waals surface area contributed by atoms with Gasteiger partial charge in [-0.25, -0.2) is 0 Å². The van der Waals surface area contributed by atoms with Crippen molar-refractivity contribution < 1.29 is 0 Å².